The maximum atomic E-state index is 9.36. The van der Waals surface area contributed by atoms with Gasteiger partial charge in [0.25, 0.3) is 0 Å². The number of hydrogen-bond donors (Lipinski definition) is 1. The molecule has 5 nitrogen and oxygen atoms in total. The molecule has 16 heavy (non-hydrogen) atoms. The summed E-state index contributed by atoms with van der Waals surface area (Å²) in [6, 6.07) is 0. The van der Waals surface area contributed by atoms with Crippen molar-refractivity contribution in [3.05, 3.63) is 11.7 Å². The summed E-state index contributed by atoms with van der Waals surface area (Å²) in [5.74, 6) is 1.34. The van der Waals surface area contributed by atoms with Crippen molar-refractivity contribution in [2.24, 2.45) is 5.41 Å². The average molecular weight is 225 g/mol. The lowest BCUT2D eigenvalue weighted by Gasteiger charge is -2.38. The predicted molar refractivity (Wildman–Crippen MR) is 58.7 cm³/mol. The van der Waals surface area contributed by atoms with Gasteiger partial charge in [0.2, 0.25) is 5.89 Å². The van der Waals surface area contributed by atoms with Gasteiger partial charge in [-0.05, 0) is 19.4 Å². The molecule has 0 amide bonds. The van der Waals surface area contributed by atoms with Crippen LogP contribution in [0.2, 0.25) is 0 Å². The number of nitrogens with zero attached hydrogens (tertiary/aromatic N) is 3. The highest BCUT2D eigenvalue weighted by Gasteiger charge is 2.30. The molecule has 1 aromatic heterocycles. The molecule has 1 unspecified atom stereocenters. The molecular formula is C11H19N3O2. The fraction of sp³-hybridized carbons (Fsp3) is 0.818. The van der Waals surface area contributed by atoms with E-state index in [-0.39, 0.29) is 12.0 Å². The van der Waals surface area contributed by atoms with Crippen molar-refractivity contribution in [1.29, 1.82) is 0 Å². The van der Waals surface area contributed by atoms with E-state index >= 15 is 0 Å². The molecule has 0 bridgehead atoms. The van der Waals surface area contributed by atoms with Gasteiger partial charge in [0.15, 0.2) is 5.82 Å². The lowest BCUT2D eigenvalue weighted by molar-refractivity contribution is 0.0414. The van der Waals surface area contributed by atoms with Crippen LogP contribution in [0.5, 0.6) is 0 Å². The number of aliphatic hydroxyl groups excluding tert-OH is 1. The van der Waals surface area contributed by atoms with Crippen LogP contribution in [0.15, 0.2) is 4.52 Å². The van der Waals surface area contributed by atoms with Crippen molar-refractivity contribution in [2.45, 2.75) is 33.2 Å². The first-order valence-electron chi connectivity index (χ1n) is 5.74. The van der Waals surface area contributed by atoms with Gasteiger partial charge in [0.1, 0.15) is 0 Å². The summed E-state index contributed by atoms with van der Waals surface area (Å²) in [6.07, 6.45) is 2.21. The zero-order valence-corrected chi connectivity index (χ0v) is 9.94. The first-order chi connectivity index (χ1) is 7.61. The highest BCUT2D eigenvalue weighted by atomic mass is 16.5. The molecule has 1 atom stereocenters. The second-order valence-electron chi connectivity index (χ2n) is 5.01. The zero-order chi connectivity index (χ0) is 11.6. The first kappa shape index (κ1) is 11.5. The van der Waals surface area contributed by atoms with Gasteiger partial charge in [-0.15, -0.1) is 0 Å². The van der Waals surface area contributed by atoms with Crippen LogP contribution in [0, 0.1) is 12.3 Å². The summed E-state index contributed by atoms with van der Waals surface area (Å²) in [5, 5.41) is 13.3. The van der Waals surface area contributed by atoms with Gasteiger partial charge in [0.05, 0.1) is 6.54 Å². The summed E-state index contributed by atoms with van der Waals surface area (Å²) in [6.45, 7) is 6.83. The van der Waals surface area contributed by atoms with Crippen molar-refractivity contribution in [1.82, 2.24) is 15.0 Å². The Bertz CT molecular complexity index is 353. The molecule has 2 rings (SSSR count). The molecule has 2 heterocycles. The van der Waals surface area contributed by atoms with Crippen molar-refractivity contribution in [3.63, 3.8) is 0 Å². The van der Waals surface area contributed by atoms with Crippen LogP contribution in [0.25, 0.3) is 0 Å². The van der Waals surface area contributed by atoms with Crippen molar-refractivity contribution in [2.75, 3.05) is 19.7 Å². The number of hydrogen-bond acceptors (Lipinski definition) is 5. The zero-order valence-electron chi connectivity index (χ0n) is 9.94. The summed E-state index contributed by atoms with van der Waals surface area (Å²) < 4.78 is 4.95. The van der Waals surface area contributed by atoms with Crippen molar-refractivity contribution >= 4 is 0 Å². The minimum Gasteiger partial charge on any atom is -0.396 e. The van der Waals surface area contributed by atoms with E-state index < -0.39 is 0 Å². The third-order valence-electron chi connectivity index (χ3n) is 3.18. The number of aryl methyl sites for hydroxylation is 1. The lowest BCUT2D eigenvalue weighted by Crippen LogP contribution is -2.43. The molecule has 1 fully saturated rings. The van der Waals surface area contributed by atoms with Crippen LogP contribution in [-0.2, 0) is 6.54 Å². The molecule has 1 aliphatic heterocycles. The van der Waals surface area contributed by atoms with Crippen LogP contribution in [0.1, 0.15) is 31.5 Å². The van der Waals surface area contributed by atoms with E-state index in [0.29, 0.717) is 12.4 Å². The van der Waals surface area contributed by atoms with Gasteiger partial charge in [-0.3, -0.25) is 4.90 Å². The van der Waals surface area contributed by atoms with E-state index in [1.807, 2.05) is 0 Å². The van der Waals surface area contributed by atoms with E-state index in [1.54, 1.807) is 6.92 Å². The standard InChI is InChI=1S/C11H19N3O2/c1-9-12-10(13-16-9)6-14-5-3-4-11(2,7-14)8-15/h15H,3-8H2,1-2H3. The Hall–Kier alpha value is -0.940. The van der Waals surface area contributed by atoms with Gasteiger partial charge in [-0.2, -0.15) is 4.98 Å². The maximum Gasteiger partial charge on any atom is 0.223 e. The van der Waals surface area contributed by atoms with Crippen LogP contribution in [0.4, 0.5) is 0 Å². The Morgan fingerprint density at radius 3 is 3.00 bits per heavy atom. The van der Waals surface area contributed by atoms with E-state index in [9.17, 15) is 5.11 Å². The predicted octanol–water partition coefficient (Wildman–Crippen LogP) is 0.972. The average Bonchev–Trinajstić information content (AvgIpc) is 2.64. The Morgan fingerprint density at radius 2 is 2.38 bits per heavy atom. The fourth-order valence-corrected chi connectivity index (χ4v) is 2.30. The highest BCUT2D eigenvalue weighted by Crippen LogP contribution is 2.29. The van der Waals surface area contributed by atoms with Crippen molar-refractivity contribution < 1.29 is 9.63 Å². The Kier molecular flexibility index (Phi) is 3.25. The Balaban J connectivity index is 1.95. The maximum absolute atomic E-state index is 9.36. The first-order valence-corrected chi connectivity index (χ1v) is 5.74. The molecule has 5 heteroatoms. The molecule has 1 N–H and O–H groups in total. The van der Waals surface area contributed by atoms with E-state index in [0.717, 1.165) is 31.8 Å². The quantitative estimate of drug-likeness (QED) is 0.830. The number of aliphatic hydroxyl groups is 1. The molecule has 0 spiro atoms. The van der Waals surface area contributed by atoms with Crippen LogP contribution in [0.3, 0.4) is 0 Å². The van der Waals surface area contributed by atoms with Crippen LogP contribution >= 0.6 is 0 Å². The third-order valence-corrected chi connectivity index (χ3v) is 3.18. The molecule has 1 aromatic rings. The van der Waals surface area contributed by atoms with Crippen molar-refractivity contribution in [3.8, 4) is 0 Å². The smallest absolute Gasteiger partial charge is 0.223 e. The minimum atomic E-state index is 0.0248. The topological polar surface area (TPSA) is 62.4 Å². The lowest BCUT2D eigenvalue weighted by atomic mass is 9.83. The third kappa shape index (κ3) is 2.59. The second kappa shape index (κ2) is 4.51. The molecule has 0 radical (unpaired) electrons. The molecule has 0 aliphatic carbocycles. The van der Waals surface area contributed by atoms with E-state index in [2.05, 4.69) is 22.0 Å². The summed E-state index contributed by atoms with van der Waals surface area (Å²) in [7, 11) is 0. The largest absolute Gasteiger partial charge is 0.396 e. The van der Waals surface area contributed by atoms with Gasteiger partial charge in [-0.25, -0.2) is 0 Å². The SMILES string of the molecule is Cc1nc(CN2CCCC(C)(CO)C2)no1. The monoisotopic (exact) mass is 225 g/mol. The minimum absolute atomic E-state index is 0.0248. The van der Waals surface area contributed by atoms with E-state index in [4.69, 9.17) is 4.52 Å². The molecule has 1 saturated heterocycles. The van der Waals surface area contributed by atoms with Crippen LogP contribution < -0.4 is 0 Å². The molecule has 90 valence electrons. The second-order valence-corrected chi connectivity index (χ2v) is 5.01. The number of aromatic nitrogens is 2. The molecular weight excluding hydrogens is 206 g/mol. The normalized spacial score (nSPS) is 27.2. The fourth-order valence-electron chi connectivity index (χ4n) is 2.30. The Morgan fingerprint density at radius 1 is 1.56 bits per heavy atom. The van der Waals surface area contributed by atoms with Gasteiger partial charge < -0.3 is 9.63 Å². The molecule has 1 aliphatic rings. The molecule has 0 saturated carbocycles. The van der Waals surface area contributed by atoms with Crippen LogP contribution in [-0.4, -0.2) is 39.8 Å². The summed E-state index contributed by atoms with van der Waals surface area (Å²) >= 11 is 0. The van der Waals surface area contributed by atoms with Gasteiger partial charge >= 0.3 is 0 Å². The summed E-state index contributed by atoms with van der Waals surface area (Å²) in [4.78, 5) is 6.48. The van der Waals surface area contributed by atoms with Gasteiger partial charge in [0, 0.05) is 25.5 Å². The highest BCUT2D eigenvalue weighted by molar-refractivity contribution is 4.88. The summed E-state index contributed by atoms with van der Waals surface area (Å²) in [5.41, 5.74) is 0.0248. The number of rotatable bonds is 3. The number of likely N-dealkylation sites (tertiary alicyclic amines) is 1. The molecule has 0 aromatic carbocycles. The van der Waals surface area contributed by atoms with E-state index in [1.165, 1.54) is 0 Å². The number of piperidine rings is 1. The van der Waals surface area contributed by atoms with Gasteiger partial charge in [-0.1, -0.05) is 12.1 Å². The Labute approximate surface area is 95.4 Å².